The van der Waals surface area contributed by atoms with Gasteiger partial charge in [0.25, 0.3) is 0 Å². The largest absolute Gasteiger partial charge is 0.450 e. The minimum Gasteiger partial charge on any atom is -0.450 e. The van der Waals surface area contributed by atoms with E-state index in [4.69, 9.17) is 4.42 Å². The number of halogens is 1. The van der Waals surface area contributed by atoms with Gasteiger partial charge >= 0.3 is 0 Å². The molecule has 0 spiro atoms. The molecule has 0 saturated carbocycles. The molecule has 2 aromatic rings. The molecule has 0 saturated heterocycles. The van der Waals surface area contributed by atoms with Gasteiger partial charge in [0.15, 0.2) is 17.7 Å². The quantitative estimate of drug-likeness (QED) is 0.561. The van der Waals surface area contributed by atoms with Crippen LogP contribution >= 0.6 is 0 Å². The highest BCUT2D eigenvalue weighted by Crippen LogP contribution is 2.21. The number of benzene rings is 1. The van der Waals surface area contributed by atoms with Gasteiger partial charge in [0.2, 0.25) is 0 Å². The van der Waals surface area contributed by atoms with E-state index in [1.165, 1.54) is 6.07 Å². The molecule has 1 nitrogen and oxygen atoms in total. The minimum absolute atomic E-state index is 0.296. The third kappa shape index (κ3) is 0.827. The van der Waals surface area contributed by atoms with Crippen LogP contribution in [0.1, 0.15) is 5.56 Å². The molecule has 2 rings (SSSR count). The Morgan fingerprint density at radius 1 is 1.45 bits per heavy atom. The number of furan rings is 1. The molecule has 2 heteroatoms. The van der Waals surface area contributed by atoms with Gasteiger partial charge in [-0.05, 0) is 24.6 Å². The van der Waals surface area contributed by atoms with E-state index in [1.54, 1.807) is 12.1 Å². The predicted molar refractivity (Wildman–Crippen MR) is 39.7 cm³/mol. The average molecular weight is 149 g/mol. The molecule has 0 unspecified atom stereocenters. The first-order chi connectivity index (χ1) is 5.29. The van der Waals surface area contributed by atoms with Crippen LogP contribution < -0.4 is 0 Å². The summed E-state index contributed by atoms with van der Waals surface area (Å²) in [6, 6.07) is 4.77. The zero-order valence-corrected chi connectivity index (χ0v) is 6.02. The summed E-state index contributed by atoms with van der Waals surface area (Å²) in [7, 11) is 0. The molecule has 1 heterocycles. The lowest BCUT2D eigenvalue weighted by molar-refractivity contribution is 0.554. The first-order valence-corrected chi connectivity index (χ1v) is 3.34. The highest BCUT2D eigenvalue weighted by Gasteiger charge is 2.04. The molecule has 0 amide bonds. The van der Waals surface area contributed by atoms with Crippen LogP contribution in [0.25, 0.3) is 11.0 Å². The van der Waals surface area contributed by atoms with E-state index in [-0.39, 0.29) is 5.82 Å². The Balaban J connectivity index is 2.96. The van der Waals surface area contributed by atoms with Crippen LogP contribution in [0.4, 0.5) is 4.39 Å². The standard InChI is InChI=1S/C9H6FO/c1-6-2-3-8(10)9-7(6)4-5-11-9/h2-4H,1H3. The van der Waals surface area contributed by atoms with Crippen molar-refractivity contribution in [3.8, 4) is 0 Å². The summed E-state index contributed by atoms with van der Waals surface area (Å²) in [5.74, 6) is -0.327. The molecule has 0 bridgehead atoms. The maximum absolute atomic E-state index is 12.9. The zero-order chi connectivity index (χ0) is 7.84. The Hall–Kier alpha value is -1.31. The van der Waals surface area contributed by atoms with Crippen molar-refractivity contribution in [2.24, 2.45) is 0 Å². The van der Waals surface area contributed by atoms with Crippen molar-refractivity contribution in [1.82, 2.24) is 0 Å². The summed E-state index contributed by atoms with van der Waals surface area (Å²) in [5, 5.41) is 0.796. The maximum atomic E-state index is 12.9. The van der Waals surface area contributed by atoms with Crippen LogP contribution in [0.15, 0.2) is 22.6 Å². The third-order valence-electron chi connectivity index (χ3n) is 1.73. The highest BCUT2D eigenvalue weighted by molar-refractivity contribution is 5.80. The van der Waals surface area contributed by atoms with Crippen molar-refractivity contribution < 1.29 is 8.81 Å². The van der Waals surface area contributed by atoms with Crippen molar-refractivity contribution in [2.45, 2.75) is 6.92 Å². The molecule has 0 aliphatic heterocycles. The number of aryl methyl sites for hydroxylation is 1. The van der Waals surface area contributed by atoms with E-state index in [9.17, 15) is 4.39 Å². The van der Waals surface area contributed by atoms with Crippen LogP contribution in [0.3, 0.4) is 0 Å². The Morgan fingerprint density at radius 2 is 2.27 bits per heavy atom. The van der Waals surface area contributed by atoms with E-state index in [2.05, 4.69) is 6.26 Å². The number of rotatable bonds is 0. The second-order valence-electron chi connectivity index (χ2n) is 2.47. The van der Waals surface area contributed by atoms with Crippen molar-refractivity contribution in [2.75, 3.05) is 0 Å². The van der Waals surface area contributed by atoms with Gasteiger partial charge in [0.1, 0.15) is 0 Å². The summed E-state index contributed by atoms with van der Waals surface area (Å²) < 4.78 is 17.7. The molecule has 0 aliphatic rings. The van der Waals surface area contributed by atoms with Crippen molar-refractivity contribution >= 4 is 11.0 Å². The topological polar surface area (TPSA) is 13.1 Å². The SMILES string of the molecule is Cc1ccc(F)c2o[c]cc12. The van der Waals surface area contributed by atoms with E-state index in [0.29, 0.717) is 5.58 Å². The van der Waals surface area contributed by atoms with Gasteiger partial charge in [-0.2, -0.15) is 0 Å². The Labute approximate surface area is 63.4 Å². The molecule has 0 N–H and O–H groups in total. The van der Waals surface area contributed by atoms with Crippen LogP contribution in [0.5, 0.6) is 0 Å². The van der Waals surface area contributed by atoms with Crippen LogP contribution in [-0.2, 0) is 0 Å². The van der Waals surface area contributed by atoms with Crippen molar-refractivity contribution in [1.29, 1.82) is 0 Å². The molecule has 55 valence electrons. The minimum atomic E-state index is -0.327. The molecule has 1 aromatic heterocycles. The Bertz CT molecular complexity index is 353. The smallest absolute Gasteiger partial charge is 0.170 e. The fraction of sp³-hybridized carbons (Fsp3) is 0.111. The first kappa shape index (κ1) is 6.40. The van der Waals surface area contributed by atoms with Gasteiger partial charge in [0, 0.05) is 5.39 Å². The maximum Gasteiger partial charge on any atom is 0.170 e. The summed E-state index contributed by atoms with van der Waals surface area (Å²) in [5.41, 5.74) is 1.30. The summed E-state index contributed by atoms with van der Waals surface area (Å²) >= 11 is 0. The third-order valence-corrected chi connectivity index (χ3v) is 1.73. The Kier molecular flexibility index (Phi) is 1.22. The summed E-state index contributed by atoms with van der Waals surface area (Å²) in [4.78, 5) is 0. The molecule has 11 heavy (non-hydrogen) atoms. The summed E-state index contributed by atoms with van der Waals surface area (Å²) in [6.07, 6.45) is 2.50. The number of hydrogen-bond donors (Lipinski definition) is 0. The Morgan fingerprint density at radius 3 is 3.00 bits per heavy atom. The normalized spacial score (nSPS) is 10.7. The monoisotopic (exact) mass is 149 g/mol. The molecular weight excluding hydrogens is 143 g/mol. The lowest BCUT2D eigenvalue weighted by Crippen LogP contribution is -1.77. The fourth-order valence-electron chi connectivity index (χ4n) is 1.10. The van der Waals surface area contributed by atoms with Gasteiger partial charge in [-0.1, -0.05) is 6.07 Å². The fourth-order valence-corrected chi connectivity index (χ4v) is 1.10. The predicted octanol–water partition coefficient (Wildman–Crippen LogP) is 2.68. The lowest BCUT2D eigenvalue weighted by atomic mass is 10.1. The summed E-state index contributed by atoms with van der Waals surface area (Å²) in [6.45, 7) is 1.91. The first-order valence-electron chi connectivity index (χ1n) is 3.34. The van der Waals surface area contributed by atoms with E-state index in [1.807, 2.05) is 6.92 Å². The molecular formula is C9H6FO. The van der Waals surface area contributed by atoms with Crippen LogP contribution in [0, 0.1) is 19.0 Å². The highest BCUT2D eigenvalue weighted by atomic mass is 19.1. The molecule has 1 aromatic carbocycles. The zero-order valence-electron chi connectivity index (χ0n) is 6.02. The van der Waals surface area contributed by atoms with Crippen LogP contribution in [0.2, 0.25) is 0 Å². The van der Waals surface area contributed by atoms with Gasteiger partial charge < -0.3 is 4.42 Å². The average Bonchev–Trinajstić information content (AvgIpc) is 2.45. The van der Waals surface area contributed by atoms with E-state index in [0.717, 1.165) is 10.9 Å². The molecule has 0 fully saturated rings. The molecule has 1 radical (unpaired) electrons. The van der Waals surface area contributed by atoms with E-state index >= 15 is 0 Å². The molecule has 0 atom stereocenters. The second kappa shape index (κ2) is 2.09. The van der Waals surface area contributed by atoms with E-state index < -0.39 is 0 Å². The molecule has 0 aliphatic carbocycles. The van der Waals surface area contributed by atoms with Gasteiger partial charge in [-0.3, -0.25) is 0 Å². The second-order valence-corrected chi connectivity index (χ2v) is 2.47. The number of fused-ring (bicyclic) bond motifs is 1. The van der Waals surface area contributed by atoms with Crippen molar-refractivity contribution in [3.05, 3.63) is 35.8 Å². The van der Waals surface area contributed by atoms with Crippen LogP contribution in [-0.4, -0.2) is 0 Å². The van der Waals surface area contributed by atoms with Gasteiger partial charge in [-0.25, -0.2) is 4.39 Å². The van der Waals surface area contributed by atoms with Gasteiger partial charge in [-0.15, -0.1) is 0 Å². The lowest BCUT2D eigenvalue weighted by Gasteiger charge is -1.93. The van der Waals surface area contributed by atoms with Gasteiger partial charge in [0.05, 0.1) is 0 Å². The van der Waals surface area contributed by atoms with Crippen molar-refractivity contribution in [3.63, 3.8) is 0 Å². The number of hydrogen-bond acceptors (Lipinski definition) is 1.